The Hall–Kier alpha value is -4.47. The number of carbonyl (C=O) groups excluding carboxylic acids is 1. The summed E-state index contributed by atoms with van der Waals surface area (Å²) >= 11 is 6.59. The van der Waals surface area contributed by atoms with E-state index in [1.807, 2.05) is 60.7 Å². The quantitative estimate of drug-likeness (QED) is 0.152. The van der Waals surface area contributed by atoms with E-state index < -0.39 is 17.9 Å². The minimum atomic E-state index is -1.13. The molecule has 1 amide bonds. The topological polar surface area (TPSA) is 82.6 Å². The number of benzene rings is 4. The number of aromatic nitrogens is 1. The van der Waals surface area contributed by atoms with Gasteiger partial charge in [-0.05, 0) is 69.9 Å². The highest BCUT2D eigenvalue weighted by Crippen LogP contribution is 2.36. The Morgan fingerprint density at radius 1 is 1.05 bits per heavy atom. The summed E-state index contributed by atoms with van der Waals surface area (Å²) in [6.07, 6.45) is 3.64. The molecule has 41 heavy (non-hydrogen) atoms. The van der Waals surface area contributed by atoms with Crippen LogP contribution in [0.1, 0.15) is 16.7 Å². The van der Waals surface area contributed by atoms with Crippen molar-refractivity contribution in [2.75, 3.05) is 0 Å². The number of carbonyl (C=O) groups is 2. The van der Waals surface area contributed by atoms with Crippen LogP contribution in [0, 0.1) is 5.82 Å². The molecular weight excluding hydrogens is 559 g/mol. The van der Waals surface area contributed by atoms with Crippen LogP contribution >= 0.6 is 24.0 Å². The van der Waals surface area contributed by atoms with Gasteiger partial charge in [-0.2, -0.15) is 0 Å². The van der Waals surface area contributed by atoms with Gasteiger partial charge in [-0.1, -0.05) is 72.5 Å². The summed E-state index contributed by atoms with van der Waals surface area (Å²) in [6.45, 7) is 0.323. The fourth-order valence-electron chi connectivity index (χ4n) is 4.87. The van der Waals surface area contributed by atoms with Crippen LogP contribution in [0.2, 0.25) is 0 Å². The maximum Gasteiger partial charge on any atom is 0.327 e. The number of carboxylic acids is 1. The lowest BCUT2D eigenvalue weighted by atomic mass is 10.0. The van der Waals surface area contributed by atoms with Crippen LogP contribution in [0.3, 0.4) is 0 Å². The number of thioether (sulfide) groups is 1. The van der Waals surface area contributed by atoms with Crippen LogP contribution in [0.15, 0.2) is 96.0 Å². The molecule has 1 fully saturated rings. The number of H-pyrrole nitrogens is 1. The van der Waals surface area contributed by atoms with Crippen molar-refractivity contribution < 1.29 is 23.8 Å². The highest BCUT2D eigenvalue weighted by Gasteiger charge is 2.40. The highest BCUT2D eigenvalue weighted by molar-refractivity contribution is 8.26. The molecule has 2 heterocycles. The number of ether oxygens (including phenoxy) is 1. The maximum absolute atomic E-state index is 13.4. The zero-order valence-electron chi connectivity index (χ0n) is 21.5. The number of thiocarbonyl (C=S) groups is 1. The van der Waals surface area contributed by atoms with Gasteiger partial charge in [0.05, 0.1) is 4.91 Å². The van der Waals surface area contributed by atoms with E-state index >= 15 is 0 Å². The number of hydrogen-bond donors (Lipinski definition) is 2. The van der Waals surface area contributed by atoms with Gasteiger partial charge in [0, 0.05) is 23.5 Å². The van der Waals surface area contributed by atoms with Crippen LogP contribution < -0.4 is 4.74 Å². The van der Waals surface area contributed by atoms with Crippen molar-refractivity contribution in [1.82, 2.24) is 9.88 Å². The van der Waals surface area contributed by atoms with Gasteiger partial charge in [0.2, 0.25) is 0 Å². The largest absolute Gasteiger partial charge is 0.489 e. The van der Waals surface area contributed by atoms with Gasteiger partial charge in [0.25, 0.3) is 5.91 Å². The molecule has 0 bridgehead atoms. The van der Waals surface area contributed by atoms with Crippen molar-refractivity contribution in [2.45, 2.75) is 19.1 Å². The lowest BCUT2D eigenvalue weighted by molar-refractivity contribution is -0.145. The molecule has 0 spiro atoms. The SMILES string of the molecule is O=C(O)C(Cc1c[nH]c2ccccc12)N1C(=O)/C(=C/c2ccc3cc(OCc4ccc(F)cc4)ccc3c2)SC1=S. The molecule has 1 unspecified atom stereocenters. The number of aromatic amines is 1. The molecule has 1 aromatic heterocycles. The summed E-state index contributed by atoms with van der Waals surface area (Å²) in [6, 6.07) is 24.2. The van der Waals surface area contributed by atoms with Crippen LogP contribution in [-0.4, -0.2) is 37.2 Å². The highest BCUT2D eigenvalue weighted by atomic mass is 32.2. The Morgan fingerprint density at radius 2 is 1.80 bits per heavy atom. The first-order valence-corrected chi connectivity index (χ1v) is 14.0. The number of fused-ring (bicyclic) bond motifs is 2. The van der Waals surface area contributed by atoms with E-state index in [0.29, 0.717) is 17.3 Å². The molecule has 2 N–H and O–H groups in total. The van der Waals surface area contributed by atoms with Gasteiger partial charge in [0.15, 0.2) is 0 Å². The number of para-hydroxylation sites is 1. The van der Waals surface area contributed by atoms with Gasteiger partial charge in [-0.25, -0.2) is 9.18 Å². The normalized spacial score (nSPS) is 15.2. The third kappa shape index (κ3) is 5.59. The molecule has 5 aromatic rings. The number of hydrogen-bond acceptors (Lipinski definition) is 5. The number of rotatable bonds is 8. The van der Waals surface area contributed by atoms with E-state index in [9.17, 15) is 19.1 Å². The second-order valence-corrected chi connectivity index (χ2v) is 11.3. The molecule has 1 aliphatic heterocycles. The Balaban J connectivity index is 1.19. The second-order valence-electron chi connectivity index (χ2n) is 9.65. The monoisotopic (exact) mass is 582 g/mol. The smallest absolute Gasteiger partial charge is 0.327 e. The van der Waals surface area contributed by atoms with Crippen molar-refractivity contribution >= 4 is 67.9 Å². The molecule has 9 heteroatoms. The molecule has 6 nitrogen and oxygen atoms in total. The first-order chi connectivity index (χ1) is 19.9. The predicted molar refractivity (Wildman–Crippen MR) is 163 cm³/mol. The third-order valence-corrected chi connectivity index (χ3v) is 8.29. The van der Waals surface area contributed by atoms with E-state index in [1.165, 1.54) is 17.0 Å². The van der Waals surface area contributed by atoms with Gasteiger partial charge >= 0.3 is 5.97 Å². The molecule has 0 radical (unpaired) electrons. The zero-order chi connectivity index (χ0) is 28.5. The van der Waals surface area contributed by atoms with Gasteiger partial charge < -0.3 is 14.8 Å². The fraction of sp³-hybridized carbons (Fsp3) is 0.0938. The number of nitrogens with zero attached hydrogens (tertiary/aromatic N) is 1. The van der Waals surface area contributed by atoms with Crippen LogP contribution in [0.4, 0.5) is 4.39 Å². The number of halogens is 1. The summed E-state index contributed by atoms with van der Waals surface area (Å²) in [5.74, 6) is -1.14. The first-order valence-electron chi connectivity index (χ1n) is 12.8. The fourth-order valence-corrected chi connectivity index (χ4v) is 6.22. The molecule has 1 aliphatic rings. The van der Waals surface area contributed by atoms with Crippen LogP contribution in [0.25, 0.3) is 27.8 Å². The molecule has 4 aromatic carbocycles. The Morgan fingerprint density at radius 3 is 2.61 bits per heavy atom. The average Bonchev–Trinajstić information content (AvgIpc) is 3.50. The summed E-state index contributed by atoms with van der Waals surface area (Å²) in [5, 5.41) is 12.9. The molecule has 0 aliphatic carbocycles. The van der Waals surface area contributed by atoms with E-state index in [4.69, 9.17) is 17.0 Å². The maximum atomic E-state index is 13.4. The van der Waals surface area contributed by atoms with E-state index in [-0.39, 0.29) is 16.6 Å². The Labute approximate surface area is 244 Å². The van der Waals surface area contributed by atoms with Gasteiger partial charge in [-0.3, -0.25) is 9.69 Å². The molecule has 6 rings (SSSR count). The molecule has 1 saturated heterocycles. The Bertz CT molecular complexity index is 1850. The van der Waals surface area contributed by atoms with Crippen LogP contribution in [0.5, 0.6) is 5.75 Å². The molecular formula is C32H23FN2O4S2. The molecule has 1 atom stereocenters. The van der Waals surface area contributed by atoms with E-state index in [1.54, 1.807) is 24.4 Å². The van der Waals surface area contributed by atoms with Crippen molar-refractivity contribution in [3.8, 4) is 5.75 Å². The predicted octanol–water partition coefficient (Wildman–Crippen LogP) is 6.94. The van der Waals surface area contributed by atoms with Crippen molar-refractivity contribution in [2.24, 2.45) is 0 Å². The Kier molecular flexibility index (Phi) is 7.30. The molecule has 204 valence electrons. The van der Waals surface area contributed by atoms with Crippen LogP contribution in [-0.2, 0) is 22.6 Å². The standard InChI is InChI=1S/C32H23FN2O4S2/c33-24-10-6-19(7-11-24)18-39-25-12-9-21-13-20(5-8-22(21)15-25)14-29-30(36)35(32(40)41-29)28(31(37)38)16-23-17-34-27-4-2-1-3-26(23)27/h1-15,17,28,34H,16,18H2,(H,37,38)/b29-14-. The second kappa shape index (κ2) is 11.2. The van der Waals surface area contributed by atoms with Crippen molar-refractivity contribution in [3.63, 3.8) is 0 Å². The molecule has 0 saturated carbocycles. The number of nitrogens with one attached hydrogen (secondary N) is 1. The van der Waals surface area contributed by atoms with E-state index in [0.717, 1.165) is 50.1 Å². The summed E-state index contributed by atoms with van der Waals surface area (Å²) in [5.41, 5.74) is 3.37. The minimum absolute atomic E-state index is 0.126. The number of carboxylic acid groups (broad SMARTS) is 1. The van der Waals surface area contributed by atoms with E-state index in [2.05, 4.69) is 4.98 Å². The minimum Gasteiger partial charge on any atom is -0.489 e. The van der Waals surface area contributed by atoms with Gasteiger partial charge in [0.1, 0.15) is 28.5 Å². The van der Waals surface area contributed by atoms with Gasteiger partial charge in [-0.15, -0.1) is 0 Å². The summed E-state index contributed by atoms with van der Waals surface area (Å²) < 4.78 is 19.2. The first kappa shape index (κ1) is 26.7. The number of amides is 1. The zero-order valence-corrected chi connectivity index (χ0v) is 23.2. The lowest BCUT2D eigenvalue weighted by Crippen LogP contribution is -2.45. The lowest BCUT2D eigenvalue weighted by Gasteiger charge is -2.23. The number of aliphatic carboxylic acids is 1. The summed E-state index contributed by atoms with van der Waals surface area (Å²) in [4.78, 5) is 30.5. The average molecular weight is 583 g/mol. The van der Waals surface area contributed by atoms with Crippen molar-refractivity contribution in [1.29, 1.82) is 0 Å². The third-order valence-electron chi connectivity index (χ3n) is 6.96. The summed E-state index contributed by atoms with van der Waals surface area (Å²) in [7, 11) is 0. The van der Waals surface area contributed by atoms with Crippen molar-refractivity contribution in [3.05, 3.63) is 119 Å².